The second-order valence-electron chi connectivity index (χ2n) is 4.66. The number of carboxylic acid groups (broad SMARTS) is 1. The number of nitrogens with zero attached hydrogens (tertiary/aromatic N) is 1. The highest BCUT2D eigenvalue weighted by Crippen LogP contribution is 2.24. The van der Waals surface area contributed by atoms with Crippen LogP contribution >= 0.6 is 23.6 Å². The molecule has 0 aliphatic rings. The topological polar surface area (TPSA) is 107 Å². The van der Waals surface area contributed by atoms with Crippen LogP contribution in [0.3, 0.4) is 0 Å². The molecule has 1 aromatic carbocycles. The van der Waals surface area contributed by atoms with Crippen molar-refractivity contribution in [1.82, 2.24) is 15.5 Å². The number of aromatic amines is 1. The molecule has 2 aromatic rings. The zero-order chi connectivity index (χ0) is 19.6. The number of hydrogen-bond acceptors (Lipinski definition) is 5. The second kappa shape index (κ2) is 7.74. The van der Waals surface area contributed by atoms with Gasteiger partial charge in [-0.15, -0.1) is 5.10 Å². The average Bonchev–Trinajstić information content (AvgIpc) is 2.98. The molecule has 0 spiro atoms. The summed E-state index contributed by atoms with van der Waals surface area (Å²) < 4.78 is 67.2. The molecule has 0 radical (unpaired) electrons. The van der Waals surface area contributed by atoms with Crippen LogP contribution in [0.25, 0.3) is 0 Å². The SMILES string of the molecule is O=C(O)N[C@@H](Cc1c(F)c(F)c(F)c(F)c1F)C(=O)Nc1n[nH]c(=S)s1. The maximum absolute atomic E-state index is 13.7. The van der Waals surface area contributed by atoms with Gasteiger partial charge in [0.2, 0.25) is 16.9 Å². The Bertz CT molecular complexity index is 903. The third-order valence-electron chi connectivity index (χ3n) is 2.99. The lowest BCUT2D eigenvalue weighted by atomic mass is 10.0. The molecule has 1 aromatic heterocycles. The van der Waals surface area contributed by atoms with Gasteiger partial charge in [-0.05, 0) is 12.2 Å². The van der Waals surface area contributed by atoms with E-state index in [9.17, 15) is 31.5 Å². The van der Waals surface area contributed by atoms with Crippen LogP contribution in [0.2, 0.25) is 0 Å². The van der Waals surface area contributed by atoms with Gasteiger partial charge in [0, 0.05) is 12.0 Å². The molecule has 0 aliphatic carbocycles. The van der Waals surface area contributed by atoms with Crippen molar-refractivity contribution in [2.45, 2.75) is 12.5 Å². The Morgan fingerprint density at radius 3 is 2.12 bits per heavy atom. The van der Waals surface area contributed by atoms with Gasteiger partial charge in [-0.3, -0.25) is 15.2 Å². The number of benzene rings is 1. The molecular weight excluding hydrogens is 407 g/mol. The Labute approximate surface area is 149 Å². The van der Waals surface area contributed by atoms with E-state index in [0.29, 0.717) is 0 Å². The minimum absolute atomic E-state index is 0.0883. The van der Waals surface area contributed by atoms with Crippen LogP contribution in [-0.2, 0) is 11.2 Å². The predicted octanol–water partition coefficient (Wildman–Crippen LogP) is 2.71. The smallest absolute Gasteiger partial charge is 0.405 e. The summed E-state index contributed by atoms with van der Waals surface area (Å²) in [6.07, 6.45) is -2.90. The molecule has 0 bridgehead atoms. The summed E-state index contributed by atoms with van der Waals surface area (Å²) >= 11 is 5.52. The predicted molar refractivity (Wildman–Crippen MR) is 80.8 cm³/mol. The number of anilines is 1. The van der Waals surface area contributed by atoms with Gasteiger partial charge < -0.3 is 10.4 Å². The lowest BCUT2D eigenvalue weighted by Crippen LogP contribution is -2.45. The molecule has 4 N–H and O–H groups in total. The Kier molecular flexibility index (Phi) is 5.86. The number of hydrogen-bond donors (Lipinski definition) is 4. The Balaban J connectivity index is 2.35. The highest BCUT2D eigenvalue weighted by atomic mass is 32.1. The fourth-order valence-corrected chi connectivity index (χ4v) is 2.66. The number of rotatable bonds is 5. The summed E-state index contributed by atoms with van der Waals surface area (Å²) in [5.74, 6) is -12.3. The normalized spacial score (nSPS) is 11.9. The molecule has 2 amide bonds. The van der Waals surface area contributed by atoms with E-state index < -0.39 is 59.1 Å². The van der Waals surface area contributed by atoms with Crippen molar-refractivity contribution in [3.05, 3.63) is 38.6 Å². The van der Waals surface area contributed by atoms with E-state index in [1.165, 1.54) is 0 Å². The number of amides is 2. The van der Waals surface area contributed by atoms with Crippen LogP contribution in [0.5, 0.6) is 0 Å². The number of H-pyrrole nitrogens is 1. The molecule has 2 rings (SSSR count). The summed E-state index contributed by atoms with van der Waals surface area (Å²) in [5.41, 5.74) is -1.34. The van der Waals surface area contributed by atoms with Gasteiger partial charge in [-0.1, -0.05) is 11.3 Å². The van der Waals surface area contributed by atoms with Crippen molar-refractivity contribution < 1.29 is 36.6 Å². The fraction of sp³-hybridized carbons (Fsp3) is 0.167. The number of carbonyl (C=O) groups is 2. The van der Waals surface area contributed by atoms with Crippen molar-refractivity contribution in [2.24, 2.45) is 0 Å². The van der Waals surface area contributed by atoms with Crippen molar-refractivity contribution in [1.29, 1.82) is 0 Å². The summed E-state index contributed by atoms with van der Waals surface area (Å²) in [7, 11) is 0. The number of carbonyl (C=O) groups excluding carboxylic acids is 1. The lowest BCUT2D eigenvalue weighted by molar-refractivity contribution is -0.118. The fourth-order valence-electron chi connectivity index (χ4n) is 1.87. The molecule has 140 valence electrons. The number of aromatic nitrogens is 2. The van der Waals surface area contributed by atoms with Crippen molar-refractivity contribution in [2.75, 3.05) is 5.32 Å². The molecule has 0 unspecified atom stereocenters. The highest BCUT2D eigenvalue weighted by molar-refractivity contribution is 7.73. The van der Waals surface area contributed by atoms with E-state index in [2.05, 4.69) is 15.5 Å². The van der Waals surface area contributed by atoms with Gasteiger partial charge in [-0.25, -0.2) is 26.7 Å². The minimum Gasteiger partial charge on any atom is -0.465 e. The van der Waals surface area contributed by atoms with Gasteiger partial charge in [0.05, 0.1) is 0 Å². The summed E-state index contributed by atoms with van der Waals surface area (Å²) in [6, 6.07) is -1.88. The van der Waals surface area contributed by atoms with Gasteiger partial charge in [-0.2, -0.15) is 0 Å². The van der Waals surface area contributed by atoms with E-state index in [4.69, 9.17) is 17.3 Å². The van der Waals surface area contributed by atoms with Gasteiger partial charge in [0.15, 0.2) is 27.2 Å². The maximum Gasteiger partial charge on any atom is 0.405 e. The zero-order valence-electron chi connectivity index (χ0n) is 12.2. The summed E-state index contributed by atoms with van der Waals surface area (Å²) in [4.78, 5) is 22.9. The molecule has 1 atom stereocenters. The third kappa shape index (κ3) is 4.13. The van der Waals surface area contributed by atoms with Crippen molar-refractivity contribution >= 4 is 40.7 Å². The van der Waals surface area contributed by atoms with Crippen LogP contribution in [0, 0.1) is 33.0 Å². The minimum atomic E-state index is -2.37. The summed E-state index contributed by atoms with van der Waals surface area (Å²) in [6.45, 7) is 0. The molecule has 26 heavy (non-hydrogen) atoms. The Morgan fingerprint density at radius 1 is 1.12 bits per heavy atom. The van der Waals surface area contributed by atoms with Crippen LogP contribution < -0.4 is 10.6 Å². The first kappa shape index (κ1) is 19.7. The molecule has 0 saturated heterocycles. The van der Waals surface area contributed by atoms with E-state index in [1.54, 1.807) is 5.32 Å². The molecule has 14 heteroatoms. The average molecular weight is 414 g/mol. The zero-order valence-corrected chi connectivity index (χ0v) is 13.8. The second-order valence-corrected chi connectivity index (χ2v) is 6.33. The van der Waals surface area contributed by atoms with Crippen LogP contribution in [0.4, 0.5) is 31.9 Å². The van der Waals surface area contributed by atoms with Gasteiger partial charge in [0.25, 0.3) is 0 Å². The Morgan fingerprint density at radius 2 is 1.65 bits per heavy atom. The van der Waals surface area contributed by atoms with E-state index in [1.807, 2.05) is 0 Å². The maximum atomic E-state index is 13.7. The van der Waals surface area contributed by atoms with Crippen LogP contribution in [-0.4, -0.2) is 33.3 Å². The first-order valence-electron chi connectivity index (χ1n) is 6.48. The first-order chi connectivity index (χ1) is 12.1. The molecule has 1 heterocycles. The molecule has 0 saturated carbocycles. The van der Waals surface area contributed by atoms with Crippen LogP contribution in [0.1, 0.15) is 5.56 Å². The first-order valence-corrected chi connectivity index (χ1v) is 7.70. The van der Waals surface area contributed by atoms with E-state index in [0.717, 1.165) is 11.3 Å². The standard InChI is InChI=1S/C12H7F5N4O3S2/c13-4-2(5(14)7(16)8(17)6(4)15)1-3(18-11(23)24)9(22)19-10-20-21-12(25)26-10/h3,18H,1H2,(H,21,25)(H,23,24)(H,19,20,22)/t3-/m0/s1. The van der Waals surface area contributed by atoms with Gasteiger partial charge in [0.1, 0.15) is 6.04 Å². The monoisotopic (exact) mass is 414 g/mol. The van der Waals surface area contributed by atoms with Crippen molar-refractivity contribution in [3.63, 3.8) is 0 Å². The Hall–Kier alpha value is -2.61. The third-order valence-corrected chi connectivity index (χ3v) is 4.00. The van der Waals surface area contributed by atoms with Crippen molar-refractivity contribution in [3.8, 4) is 0 Å². The largest absolute Gasteiger partial charge is 0.465 e. The summed E-state index contributed by atoms with van der Waals surface area (Å²) in [5, 5.41) is 18.3. The number of nitrogens with one attached hydrogen (secondary N) is 3. The van der Waals surface area contributed by atoms with E-state index in [-0.39, 0.29) is 9.09 Å². The quantitative estimate of drug-likeness (QED) is 0.261. The molecule has 0 fully saturated rings. The molecule has 7 nitrogen and oxygen atoms in total. The van der Waals surface area contributed by atoms with Crippen LogP contribution in [0.15, 0.2) is 0 Å². The molecule has 0 aliphatic heterocycles. The highest BCUT2D eigenvalue weighted by Gasteiger charge is 2.30. The number of halogens is 5. The van der Waals surface area contributed by atoms with Gasteiger partial charge >= 0.3 is 6.09 Å². The molecular formula is C12H7F5N4O3S2. The lowest BCUT2D eigenvalue weighted by Gasteiger charge is -2.17. The van der Waals surface area contributed by atoms with E-state index >= 15 is 0 Å².